The highest BCUT2D eigenvalue weighted by molar-refractivity contribution is 7.94. The van der Waals surface area contributed by atoms with Crippen LogP contribution in [0.1, 0.15) is 6.92 Å². The zero-order valence-electron chi connectivity index (χ0n) is 28.4. The van der Waals surface area contributed by atoms with Crippen molar-refractivity contribution in [2.24, 2.45) is 10.2 Å². The molecule has 0 bridgehead atoms. The zero-order valence-corrected chi connectivity index (χ0v) is 33.2. The van der Waals surface area contributed by atoms with Gasteiger partial charge in [0.15, 0.2) is 37.7 Å². The highest BCUT2D eigenvalue weighted by atomic mass is 35.5. The van der Waals surface area contributed by atoms with Crippen LogP contribution in [0.4, 0.5) is 34.6 Å². The van der Waals surface area contributed by atoms with Crippen molar-refractivity contribution in [2.45, 2.75) is 26.5 Å². The molecule has 1 aromatic heterocycles. The molecule has 0 unspecified atom stereocenters. The van der Waals surface area contributed by atoms with Gasteiger partial charge < -0.3 is 15.7 Å². The quantitative estimate of drug-likeness (QED) is 0.0128. The molecule has 0 amide bonds. The lowest BCUT2D eigenvalue weighted by Crippen LogP contribution is -2.11. The molecule has 0 saturated heterocycles. The minimum atomic E-state index is -5.12. The first-order chi connectivity index (χ1) is 27.1. The summed E-state index contributed by atoms with van der Waals surface area (Å²) in [4.78, 5) is 11.1. The number of halogens is 1. The first kappa shape index (κ1) is 43.8. The predicted octanol–water partition coefficient (Wildman–Crippen LogP) is 6.53. The second-order valence-corrected chi connectivity index (χ2v) is 18.1. The lowest BCUT2D eigenvalue weighted by Gasteiger charge is -2.15. The maximum absolute atomic E-state index is 12.9. The van der Waals surface area contributed by atoms with Crippen LogP contribution in [0.15, 0.2) is 96.5 Å². The van der Waals surface area contributed by atoms with Gasteiger partial charge in [0.05, 0.1) is 56.2 Å². The molecule has 4 aromatic carbocycles. The summed E-state index contributed by atoms with van der Waals surface area (Å²) in [7, 11) is -12.4. The summed E-state index contributed by atoms with van der Waals surface area (Å²) in [6.45, 7) is 1.20. The van der Waals surface area contributed by atoms with E-state index in [0.717, 1.165) is 6.07 Å². The summed E-state index contributed by atoms with van der Waals surface area (Å²) in [5, 5.41) is 47.9. The average molecular weight is 908 g/mol. The minimum Gasteiger partial charge on any atom is -0.505 e. The molecule has 1 heterocycles. The van der Waals surface area contributed by atoms with Crippen LogP contribution in [0.2, 0.25) is 5.28 Å². The van der Waals surface area contributed by atoms with Gasteiger partial charge in [-0.15, -0.1) is 13.8 Å². The number of hydrogen-bond acceptors (Lipinski definition) is 23. The van der Waals surface area contributed by atoms with Gasteiger partial charge in [-0.05, 0) is 78.3 Å². The van der Waals surface area contributed by atoms with Crippen molar-refractivity contribution < 1.29 is 68.4 Å². The Balaban J connectivity index is 1.45. The van der Waals surface area contributed by atoms with Crippen molar-refractivity contribution in [1.29, 1.82) is 0 Å². The molecule has 5 rings (SSSR count). The number of sulfone groups is 2. The van der Waals surface area contributed by atoms with Crippen LogP contribution < -0.4 is 10.6 Å². The molecule has 0 aliphatic carbocycles. The molecular formula is C29H26ClN7O15S5. The number of hydrogen-bond donors (Lipinski definition) is 6. The largest absolute Gasteiger partial charge is 0.505 e. The van der Waals surface area contributed by atoms with E-state index < -0.39 is 46.2 Å². The SMILES string of the molecule is CCS(=O)(=O)c1ccc(N=Nc2c(SOOO)cc3c(S(=O)(=O)O)c(Nc4nc(Cl)nc(Nc5ccc(S(=O)(=O)CCOSOOO)cc5)n4)ccc3c2O)cc1. The number of nitrogens with zero attached hydrogens (tertiary/aromatic N) is 5. The van der Waals surface area contributed by atoms with Gasteiger partial charge in [-0.2, -0.15) is 28.5 Å². The van der Waals surface area contributed by atoms with E-state index >= 15 is 0 Å². The third-order valence-corrected chi connectivity index (χ3v) is 12.9. The van der Waals surface area contributed by atoms with Gasteiger partial charge in [-0.3, -0.25) is 8.74 Å². The van der Waals surface area contributed by atoms with Crippen LogP contribution in [0, 0.1) is 0 Å². The number of fused-ring (bicyclic) bond motifs is 1. The van der Waals surface area contributed by atoms with E-state index in [2.05, 4.69) is 54.6 Å². The van der Waals surface area contributed by atoms with Crippen molar-refractivity contribution in [3.05, 3.63) is 72.0 Å². The first-order valence-corrected chi connectivity index (χ1v) is 21.8. The zero-order chi connectivity index (χ0) is 41.4. The Morgan fingerprint density at radius 3 is 2.05 bits per heavy atom. The smallest absolute Gasteiger partial charge is 0.297 e. The normalized spacial score (nSPS) is 12.4. The summed E-state index contributed by atoms with van der Waals surface area (Å²) in [5.74, 6) is -1.70. The predicted molar refractivity (Wildman–Crippen MR) is 203 cm³/mol. The van der Waals surface area contributed by atoms with E-state index in [1.807, 2.05) is 0 Å². The topological polar surface area (TPSA) is 317 Å². The number of phenols is 1. The highest BCUT2D eigenvalue weighted by Crippen LogP contribution is 2.47. The molecule has 22 nitrogen and oxygen atoms in total. The van der Waals surface area contributed by atoms with Gasteiger partial charge in [-0.25, -0.2) is 27.4 Å². The number of phenolic OH excluding ortho intramolecular Hbond substituents is 1. The van der Waals surface area contributed by atoms with E-state index in [-0.39, 0.29) is 96.4 Å². The number of rotatable bonds is 19. The van der Waals surface area contributed by atoms with Crippen molar-refractivity contribution in [1.82, 2.24) is 15.0 Å². The standard InChI is InChI=1S/C29H26ClN7O15S5/c1-2-55(41,42)18-9-5-17(6-10-18)36-37-24-23(53-51-49-39)15-21-20(25(24)38)11-12-22(26(21)57(45,46)47)32-29-34-27(30)33-28(35-29)31-16-3-7-19(8-4-16)56(43,44)14-13-48-54-52-50-40/h3-12,15,38-40H,2,13-14H2,1H3,(H,45,46,47)(H2,31,32,33,34,35). The van der Waals surface area contributed by atoms with Crippen LogP contribution in [0.25, 0.3) is 10.8 Å². The maximum atomic E-state index is 12.9. The van der Waals surface area contributed by atoms with Crippen LogP contribution in [0.3, 0.4) is 0 Å². The Morgan fingerprint density at radius 2 is 1.42 bits per heavy atom. The summed E-state index contributed by atoms with van der Waals surface area (Å²) < 4.78 is 98.9. The average Bonchev–Trinajstić information content (AvgIpc) is 3.16. The molecule has 6 N–H and O–H groups in total. The Kier molecular flexibility index (Phi) is 14.6. The third kappa shape index (κ3) is 11.2. The molecule has 304 valence electrons. The Morgan fingerprint density at radius 1 is 0.789 bits per heavy atom. The fourth-order valence-electron chi connectivity index (χ4n) is 4.76. The molecule has 0 aliphatic heterocycles. The second kappa shape index (κ2) is 18.9. The van der Waals surface area contributed by atoms with Crippen LogP contribution in [0.5, 0.6) is 5.75 Å². The van der Waals surface area contributed by atoms with Crippen molar-refractivity contribution in [3.63, 3.8) is 0 Å². The Hall–Kier alpha value is -4.33. The second-order valence-electron chi connectivity index (χ2n) is 10.8. The molecule has 57 heavy (non-hydrogen) atoms. The van der Waals surface area contributed by atoms with Crippen molar-refractivity contribution in [2.75, 3.05) is 28.7 Å². The molecule has 0 spiro atoms. The third-order valence-electron chi connectivity index (χ3n) is 7.30. The summed E-state index contributed by atoms with van der Waals surface area (Å²) in [5.41, 5.74) is -0.129. The van der Waals surface area contributed by atoms with E-state index in [1.165, 1.54) is 67.6 Å². The molecule has 0 fully saturated rings. The Bertz CT molecular complexity index is 2610. The van der Waals surface area contributed by atoms with Crippen molar-refractivity contribution >= 4 is 111 Å². The Labute approximate surface area is 336 Å². The number of azo groups is 1. The highest BCUT2D eigenvalue weighted by Gasteiger charge is 2.26. The molecule has 0 radical (unpaired) electrons. The van der Waals surface area contributed by atoms with Crippen LogP contribution in [-0.4, -0.2) is 78.5 Å². The van der Waals surface area contributed by atoms with E-state index in [4.69, 9.17) is 26.3 Å². The lowest BCUT2D eigenvalue weighted by molar-refractivity contribution is -0.434. The maximum Gasteiger partial charge on any atom is 0.297 e. The molecule has 0 aliphatic rings. The molecule has 5 aromatic rings. The molecule has 0 atom stereocenters. The van der Waals surface area contributed by atoms with Gasteiger partial charge in [0.1, 0.15) is 10.6 Å². The number of benzene rings is 4. The number of nitrogens with one attached hydrogen (secondary N) is 2. The molecular weight excluding hydrogens is 882 g/mol. The summed E-state index contributed by atoms with van der Waals surface area (Å²) in [6, 6.07) is 14.3. The van der Waals surface area contributed by atoms with Gasteiger partial charge >= 0.3 is 0 Å². The molecule has 28 heteroatoms. The molecule has 0 saturated carbocycles. The van der Waals surface area contributed by atoms with E-state index in [9.17, 15) is 34.9 Å². The van der Waals surface area contributed by atoms with Crippen LogP contribution in [-0.2, 0) is 52.7 Å². The number of anilines is 4. The van der Waals surface area contributed by atoms with Gasteiger partial charge in [0.2, 0.25) is 17.2 Å². The first-order valence-electron chi connectivity index (χ1n) is 15.3. The van der Waals surface area contributed by atoms with Gasteiger partial charge in [-0.1, -0.05) is 17.0 Å². The number of aromatic nitrogens is 3. The fourth-order valence-corrected chi connectivity index (χ4v) is 8.54. The monoisotopic (exact) mass is 907 g/mol. The summed E-state index contributed by atoms with van der Waals surface area (Å²) >= 11 is 6.65. The van der Waals surface area contributed by atoms with Crippen molar-refractivity contribution in [3.8, 4) is 5.75 Å². The van der Waals surface area contributed by atoms with Gasteiger partial charge in [0, 0.05) is 16.5 Å². The van der Waals surface area contributed by atoms with Gasteiger partial charge in [0.25, 0.3) is 10.1 Å². The van der Waals surface area contributed by atoms with E-state index in [1.54, 1.807) is 0 Å². The lowest BCUT2D eigenvalue weighted by atomic mass is 10.1. The number of aromatic hydroxyl groups is 1. The van der Waals surface area contributed by atoms with Crippen LogP contribution >= 0.6 is 36.0 Å². The minimum absolute atomic E-state index is 0.0547. The fraction of sp³-hybridized carbons (Fsp3) is 0.138. The summed E-state index contributed by atoms with van der Waals surface area (Å²) in [6.07, 6.45) is 0. The van der Waals surface area contributed by atoms with E-state index in [0.29, 0.717) is 5.69 Å².